The third-order valence-electron chi connectivity index (χ3n) is 3.02. The molecule has 0 bridgehead atoms. The number of nitrogens with zero attached hydrogens (tertiary/aromatic N) is 1. The van der Waals surface area contributed by atoms with Gasteiger partial charge in [-0.05, 0) is 30.2 Å². The third-order valence-corrected chi connectivity index (χ3v) is 3.96. The van der Waals surface area contributed by atoms with Crippen LogP contribution >= 0.6 is 11.8 Å². The molecule has 3 nitrogen and oxygen atoms in total. The van der Waals surface area contributed by atoms with Crippen LogP contribution in [0.3, 0.4) is 0 Å². The predicted octanol–water partition coefficient (Wildman–Crippen LogP) is 3.49. The molecule has 0 fully saturated rings. The van der Waals surface area contributed by atoms with Gasteiger partial charge in [-0.3, -0.25) is 0 Å². The Morgan fingerprint density at radius 1 is 1.42 bits per heavy atom. The number of nitriles is 1. The highest BCUT2D eigenvalue weighted by Crippen LogP contribution is 2.29. The van der Waals surface area contributed by atoms with E-state index in [1.165, 1.54) is 0 Å². The smallest absolute Gasteiger partial charge is 0.102 e. The van der Waals surface area contributed by atoms with Crippen molar-refractivity contribution in [3.05, 3.63) is 23.8 Å². The summed E-state index contributed by atoms with van der Waals surface area (Å²) in [5.74, 6) is 1.35. The van der Waals surface area contributed by atoms with Gasteiger partial charge in [-0.25, -0.2) is 0 Å². The number of anilines is 1. The number of aliphatic hydroxyl groups is 1. The van der Waals surface area contributed by atoms with E-state index < -0.39 is 0 Å². The first-order valence-electron chi connectivity index (χ1n) is 6.67. The van der Waals surface area contributed by atoms with Crippen molar-refractivity contribution in [2.24, 2.45) is 5.92 Å². The summed E-state index contributed by atoms with van der Waals surface area (Å²) in [5.41, 5.74) is 1.58. The number of rotatable bonds is 7. The van der Waals surface area contributed by atoms with Gasteiger partial charge in [0, 0.05) is 17.5 Å². The summed E-state index contributed by atoms with van der Waals surface area (Å²) >= 11 is 1.68. The molecule has 0 aliphatic heterocycles. The number of benzene rings is 1. The summed E-state index contributed by atoms with van der Waals surface area (Å²) < 4.78 is 0. The number of hydrogen-bond acceptors (Lipinski definition) is 4. The second-order valence-corrected chi connectivity index (χ2v) is 6.04. The minimum atomic E-state index is 0.154. The zero-order chi connectivity index (χ0) is 14.3. The predicted molar refractivity (Wildman–Crippen MR) is 81.5 cm³/mol. The van der Waals surface area contributed by atoms with Crippen LogP contribution in [0, 0.1) is 17.2 Å². The normalized spacial score (nSPS) is 12.2. The molecule has 4 heteroatoms. The van der Waals surface area contributed by atoms with Crippen molar-refractivity contribution in [1.82, 2.24) is 0 Å². The van der Waals surface area contributed by atoms with Crippen LogP contribution in [0.5, 0.6) is 0 Å². The molecule has 0 aromatic heterocycles. The van der Waals surface area contributed by atoms with Crippen LogP contribution in [0.15, 0.2) is 23.1 Å². The Morgan fingerprint density at radius 2 is 2.16 bits per heavy atom. The van der Waals surface area contributed by atoms with E-state index in [4.69, 9.17) is 5.11 Å². The summed E-state index contributed by atoms with van der Waals surface area (Å²) in [4.78, 5) is 1.02. The van der Waals surface area contributed by atoms with Crippen molar-refractivity contribution in [3.8, 4) is 6.07 Å². The first-order chi connectivity index (χ1) is 9.13. The van der Waals surface area contributed by atoms with Gasteiger partial charge < -0.3 is 10.4 Å². The standard InChI is InChI=1S/C15H22N2OS/c1-4-19-15-7-5-6-14(12(15)10-16)17-13(8-9-18)11(2)3/h5-7,11,13,17-18H,4,8-9H2,1-3H3. The molecular weight excluding hydrogens is 256 g/mol. The molecule has 0 aliphatic rings. The fraction of sp³-hybridized carbons (Fsp3) is 0.533. The highest BCUT2D eigenvalue weighted by Gasteiger charge is 2.15. The molecule has 0 radical (unpaired) electrons. The van der Waals surface area contributed by atoms with Crippen molar-refractivity contribution in [3.63, 3.8) is 0 Å². The van der Waals surface area contributed by atoms with Gasteiger partial charge in [0.1, 0.15) is 6.07 Å². The molecule has 19 heavy (non-hydrogen) atoms. The minimum Gasteiger partial charge on any atom is -0.396 e. The average molecular weight is 278 g/mol. The lowest BCUT2D eigenvalue weighted by molar-refractivity contribution is 0.267. The second kappa shape index (κ2) is 8.08. The van der Waals surface area contributed by atoms with Gasteiger partial charge in [-0.15, -0.1) is 11.8 Å². The van der Waals surface area contributed by atoms with E-state index in [0.29, 0.717) is 17.9 Å². The third kappa shape index (κ3) is 4.45. The van der Waals surface area contributed by atoms with E-state index in [-0.39, 0.29) is 12.6 Å². The van der Waals surface area contributed by atoms with Crippen LogP contribution in [-0.4, -0.2) is 23.5 Å². The molecule has 0 heterocycles. The van der Waals surface area contributed by atoms with E-state index in [2.05, 4.69) is 32.2 Å². The first-order valence-corrected chi connectivity index (χ1v) is 7.65. The van der Waals surface area contributed by atoms with Gasteiger partial charge in [0.2, 0.25) is 0 Å². The summed E-state index contributed by atoms with van der Waals surface area (Å²) in [6.07, 6.45) is 0.688. The number of nitrogens with one attached hydrogen (secondary N) is 1. The molecule has 0 amide bonds. The first kappa shape index (κ1) is 15.9. The van der Waals surface area contributed by atoms with E-state index >= 15 is 0 Å². The van der Waals surface area contributed by atoms with E-state index in [9.17, 15) is 5.26 Å². The highest BCUT2D eigenvalue weighted by molar-refractivity contribution is 7.99. The van der Waals surface area contributed by atoms with Crippen molar-refractivity contribution in [1.29, 1.82) is 5.26 Å². The van der Waals surface area contributed by atoms with Gasteiger partial charge in [0.25, 0.3) is 0 Å². The van der Waals surface area contributed by atoms with Gasteiger partial charge in [0.15, 0.2) is 0 Å². The second-order valence-electron chi connectivity index (χ2n) is 4.73. The lowest BCUT2D eigenvalue weighted by atomic mass is 10.0. The fourth-order valence-electron chi connectivity index (χ4n) is 1.95. The Bertz CT molecular complexity index is 440. The lowest BCUT2D eigenvalue weighted by Gasteiger charge is -2.23. The van der Waals surface area contributed by atoms with Gasteiger partial charge in [-0.2, -0.15) is 5.26 Å². The molecule has 104 valence electrons. The van der Waals surface area contributed by atoms with E-state index in [0.717, 1.165) is 16.3 Å². The minimum absolute atomic E-state index is 0.154. The molecule has 0 aliphatic carbocycles. The maximum atomic E-state index is 9.35. The van der Waals surface area contributed by atoms with Crippen molar-refractivity contribution < 1.29 is 5.11 Å². The van der Waals surface area contributed by atoms with Crippen LogP contribution in [0.2, 0.25) is 0 Å². The van der Waals surface area contributed by atoms with Gasteiger partial charge >= 0.3 is 0 Å². The van der Waals surface area contributed by atoms with Gasteiger partial charge in [0.05, 0.1) is 11.3 Å². The van der Waals surface area contributed by atoms with Crippen LogP contribution in [0.25, 0.3) is 0 Å². The molecule has 0 saturated carbocycles. The number of thioether (sulfide) groups is 1. The summed E-state index contributed by atoms with van der Waals surface area (Å²) in [5, 5.41) is 21.9. The number of aliphatic hydroxyl groups excluding tert-OH is 1. The average Bonchev–Trinajstić information content (AvgIpc) is 2.38. The Hall–Kier alpha value is -1.18. The fourth-order valence-corrected chi connectivity index (χ4v) is 2.74. The Morgan fingerprint density at radius 3 is 2.68 bits per heavy atom. The number of hydrogen-bond donors (Lipinski definition) is 2. The molecule has 1 rings (SSSR count). The maximum absolute atomic E-state index is 9.35. The zero-order valence-corrected chi connectivity index (χ0v) is 12.6. The Kier molecular flexibility index (Phi) is 6.75. The molecular formula is C15H22N2OS. The van der Waals surface area contributed by atoms with Crippen LogP contribution in [0.4, 0.5) is 5.69 Å². The van der Waals surface area contributed by atoms with Crippen molar-refractivity contribution in [2.75, 3.05) is 17.7 Å². The van der Waals surface area contributed by atoms with Crippen LogP contribution in [-0.2, 0) is 0 Å². The Labute approximate surface area is 120 Å². The van der Waals surface area contributed by atoms with E-state index in [1.54, 1.807) is 11.8 Å². The maximum Gasteiger partial charge on any atom is 0.102 e. The summed E-state index contributed by atoms with van der Waals surface area (Å²) in [6.45, 7) is 6.46. The molecule has 0 saturated heterocycles. The molecule has 1 atom stereocenters. The largest absolute Gasteiger partial charge is 0.396 e. The molecule has 2 N–H and O–H groups in total. The molecule has 1 aromatic carbocycles. The SMILES string of the molecule is CCSc1cccc(NC(CCO)C(C)C)c1C#N. The molecule has 1 unspecified atom stereocenters. The van der Waals surface area contributed by atoms with Crippen molar-refractivity contribution in [2.45, 2.75) is 38.1 Å². The molecule has 1 aromatic rings. The highest BCUT2D eigenvalue weighted by atomic mass is 32.2. The van der Waals surface area contributed by atoms with Crippen molar-refractivity contribution >= 4 is 17.4 Å². The quantitative estimate of drug-likeness (QED) is 0.750. The van der Waals surface area contributed by atoms with E-state index in [1.807, 2.05) is 18.2 Å². The van der Waals surface area contributed by atoms with Crippen LogP contribution in [0.1, 0.15) is 32.8 Å². The Balaban J connectivity index is 2.99. The lowest BCUT2D eigenvalue weighted by Crippen LogP contribution is -2.27. The van der Waals surface area contributed by atoms with Crippen LogP contribution < -0.4 is 5.32 Å². The topological polar surface area (TPSA) is 56.0 Å². The monoisotopic (exact) mass is 278 g/mol. The summed E-state index contributed by atoms with van der Waals surface area (Å²) in [6, 6.07) is 8.35. The summed E-state index contributed by atoms with van der Waals surface area (Å²) in [7, 11) is 0. The van der Waals surface area contributed by atoms with Gasteiger partial charge in [-0.1, -0.05) is 26.8 Å². The molecule has 0 spiro atoms. The zero-order valence-electron chi connectivity index (χ0n) is 11.8.